The number of nitrogens with zero attached hydrogens (tertiary/aromatic N) is 2. The van der Waals surface area contributed by atoms with E-state index < -0.39 is 12.5 Å². The molecule has 4 heterocycles. The standard InChI is InChI=1S/C22H29F2N5O2/c1-14-10-17-18(15-4-8-31-9-5-15)11-26-20(19(17)28-21(14)30)27-16-2-6-29(7-3-16)13-22(23,24)12-25/h4,10-11,16H,2-3,5-9,12-13,25H2,1H3,(H,26,27)(H,28,30). The average Bonchev–Trinajstić information content (AvgIpc) is 2.77. The number of aromatic amines is 1. The van der Waals surface area contributed by atoms with E-state index in [1.54, 1.807) is 11.8 Å². The monoisotopic (exact) mass is 433 g/mol. The molecule has 31 heavy (non-hydrogen) atoms. The number of fused-ring (bicyclic) bond motifs is 1. The largest absolute Gasteiger partial charge is 0.377 e. The van der Waals surface area contributed by atoms with Gasteiger partial charge in [0.25, 0.3) is 11.5 Å². The third-order valence-electron chi connectivity index (χ3n) is 6.07. The lowest BCUT2D eigenvalue weighted by Crippen LogP contribution is -2.47. The molecule has 0 aromatic carbocycles. The third-order valence-corrected chi connectivity index (χ3v) is 6.07. The molecule has 4 rings (SSSR count). The number of hydrogen-bond donors (Lipinski definition) is 3. The number of hydrogen-bond acceptors (Lipinski definition) is 6. The van der Waals surface area contributed by atoms with E-state index >= 15 is 0 Å². The zero-order valence-electron chi connectivity index (χ0n) is 17.7. The number of aryl methyl sites for hydroxylation is 1. The first kappa shape index (κ1) is 21.9. The van der Waals surface area contributed by atoms with Crippen LogP contribution in [0.1, 0.15) is 30.4 Å². The van der Waals surface area contributed by atoms with Crippen LogP contribution in [0.3, 0.4) is 0 Å². The minimum absolute atomic E-state index is 0.0939. The number of nitrogens with two attached hydrogens (primary N) is 1. The van der Waals surface area contributed by atoms with E-state index in [9.17, 15) is 13.6 Å². The summed E-state index contributed by atoms with van der Waals surface area (Å²) in [6.07, 6.45) is 6.12. The Morgan fingerprint density at radius 2 is 2.16 bits per heavy atom. The summed E-state index contributed by atoms with van der Waals surface area (Å²) in [5.41, 5.74) is 8.50. The maximum atomic E-state index is 13.6. The van der Waals surface area contributed by atoms with Crippen LogP contribution in [0.25, 0.3) is 16.5 Å². The second kappa shape index (κ2) is 9.02. The third kappa shape index (κ3) is 4.94. The van der Waals surface area contributed by atoms with Crippen LogP contribution in [0.4, 0.5) is 14.6 Å². The Morgan fingerprint density at radius 1 is 1.39 bits per heavy atom. The topological polar surface area (TPSA) is 96.3 Å². The van der Waals surface area contributed by atoms with Gasteiger partial charge in [0.1, 0.15) is 0 Å². The van der Waals surface area contributed by atoms with Crippen LogP contribution in [0.2, 0.25) is 0 Å². The number of nitrogens with one attached hydrogen (secondary N) is 2. The summed E-state index contributed by atoms with van der Waals surface area (Å²) in [6, 6.07) is 2.00. The first-order chi connectivity index (χ1) is 14.9. The number of alkyl halides is 2. The van der Waals surface area contributed by atoms with Gasteiger partial charge in [-0.05, 0) is 37.8 Å². The Hall–Kier alpha value is -2.36. The van der Waals surface area contributed by atoms with E-state index in [1.165, 1.54) is 0 Å². The highest BCUT2D eigenvalue weighted by atomic mass is 19.3. The maximum Gasteiger partial charge on any atom is 0.272 e. The number of rotatable bonds is 6. The Bertz CT molecular complexity index is 1030. The molecule has 0 saturated carbocycles. The maximum absolute atomic E-state index is 13.6. The number of H-pyrrole nitrogens is 1. The molecule has 0 spiro atoms. The van der Waals surface area contributed by atoms with Crippen molar-refractivity contribution in [3.8, 4) is 0 Å². The normalized spacial score (nSPS) is 18.9. The van der Waals surface area contributed by atoms with Gasteiger partial charge in [0, 0.05) is 41.8 Å². The molecule has 1 fully saturated rings. The van der Waals surface area contributed by atoms with Crippen molar-refractivity contribution in [1.29, 1.82) is 0 Å². The molecule has 1 saturated heterocycles. The van der Waals surface area contributed by atoms with E-state index in [0.717, 1.165) is 22.9 Å². The number of piperidine rings is 1. The van der Waals surface area contributed by atoms with Crippen molar-refractivity contribution in [2.45, 2.75) is 38.2 Å². The van der Waals surface area contributed by atoms with Crippen molar-refractivity contribution in [2.75, 3.05) is 44.7 Å². The van der Waals surface area contributed by atoms with Gasteiger partial charge >= 0.3 is 0 Å². The van der Waals surface area contributed by atoms with Crippen molar-refractivity contribution in [3.63, 3.8) is 0 Å². The highest BCUT2D eigenvalue weighted by Gasteiger charge is 2.32. The fourth-order valence-electron chi connectivity index (χ4n) is 4.25. The van der Waals surface area contributed by atoms with E-state index in [-0.39, 0.29) is 18.1 Å². The second-order valence-electron chi connectivity index (χ2n) is 8.40. The smallest absolute Gasteiger partial charge is 0.272 e. The molecule has 0 bridgehead atoms. The van der Waals surface area contributed by atoms with Crippen LogP contribution in [0.15, 0.2) is 23.1 Å². The van der Waals surface area contributed by atoms with Crippen molar-refractivity contribution < 1.29 is 13.5 Å². The Kier molecular flexibility index (Phi) is 6.36. The minimum Gasteiger partial charge on any atom is -0.377 e. The second-order valence-corrected chi connectivity index (χ2v) is 8.40. The quantitative estimate of drug-likeness (QED) is 0.648. The summed E-state index contributed by atoms with van der Waals surface area (Å²) in [5.74, 6) is -2.24. The van der Waals surface area contributed by atoms with Crippen molar-refractivity contribution in [3.05, 3.63) is 39.8 Å². The van der Waals surface area contributed by atoms with Crippen LogP contribution >= 0.6 is 0 Å². The average molecular weight is 434 g/mol. The first-order valence-electron chi connectivity index (χ1n) is 10.7. The first-order valence-corrected chi connectivity index (χ1v) is 10.7. The van der Waals surface area contributed by atoms with Crippen molar-refractivity contribution in [2.24, 2.45) is 5.73 Å². The van der Waals surface area contributed by atoms with Gasteiger partial charge in [0.05, 0.1) is 31.8 Å². The lowest BCUT2D eigenvalue weighted by molar-refractivity contribution is -0.0279. The molecule has 2 aromatic rings. The zero-order chi connectivity index (χ0) is 22.0. The van der Waals surface area contributed by atoms with Gasteiger partial charge < -0.3 is 20.8 Å². The van der Waals surface area contributed by atoms with Gasteiger partial charge in [-0.1, -0.05) is 6.08 Å². The van der Waals surface area contributed by atoms with Crippen molar-refractivity contribution >= 4 is 22.3 Å². The molecule has 0 amide bonds. The summed E-state index contributed by atoms with van der Waals surface area (Å²) in [7, 11) is 0. The van der Waals surface area contributed by atoms with Gasteiger partial charge in [0.15, 0.2) is 5.82 Å². The summed E-state index contributed by atoms with van der Waals surface area (Å²) in [5, 5.41) is 4.38. The van der Waals surface area contributed by atoms with Crippen LogP contribution in [-0.2, 0) is 4.74 Å². The van der Waals surface area contributed by atoms with E-state index in [4.69, 9.17) is 10.5 Å². The van der Waals surface area contributed by atoms with Crippen LogP contribution in [-0.4, -0.2) is 66.2 Å². The van der Waals surface area contributed by atoms with Gasteiger partial charge in [-0.15, -0.1) is 0 Å². The highest BCUT2D eigenvalue weighted by molar-refractivity contribution is 5.97. The number of likely N-dealkylation sites (tertiary alicyclic amines) is 1. The van der Waals surface area contributed by atoms with E-state index in [2.05, 4.69) is 21.4 Å². The number of ether oxygens (including phenoxy) is 1. The molecule has 9 heteroatoms. The fourth-order valence-corrected chi connectivity index (χ4v) is 4.25. The summed E-state index contributed by atoms with van der Waals surface area (Å²) >= 11 is 0. The Balaban J connectivity index is 1.56. The molecular formula is C22H29F2N5O2. The molecule has 0 aliphatic carbocycles. The molecule has 0 atom stereocenters. The van der Waals surface area contributed by atoms with Gasteiger partial charge in [-0.3, -0.25) is 9.69 Å². The molecule has 0 unspecified atom stereocenters. The number of anilines is 1. The Labute approximate surface area is 179 Å². The molecule has 2 aliphatic rings. The lowest BCUT2D eigenvalue weighted by Gasteiger charge is -2.34. The fraction of sp³-hybridized carbons (Fsp3) is 0.545. The lowest BCUT2D eigenvalue weighted by atomic mass is 9.98. The summed E-state index contributed by atoms with van der Waals surface area (Å²) in [4.78, 5) is 21.7. The molecule has 0 radical (unpaired) electrons. The molecule has 7 nitrogen and oxygen atoms in total. The van der Waals surface area contributed by atoms with Crippen LogP contribution < -0.4 is 16.6 Å². The van der Waals surface area contributed by atoms with Gasteiger partial charge in [0.2, 0.25) is 0 Å². The van der Waals surface area contributed by atoms with Crippen LogP contribution in [0.5, 0.6) is 0 Å². The van der Waals surface area contributed by atoms with Gasteiger partial charge in [-0.2, -0.15) is 0 Å². The summed E-state index contributed by atoms with van der Waals surface area (Å²) in [6.45, 7) is 3.21. The van der Waals surface area contributed by atoms with E-state index in [0.29, 0.717) is 56.0 Å². The predicted octanol–water partition coefficient (Wildman–Crippen LogP) is 2.51. The molecule has 4 N–H and O–H groups in total. The molecule has 168 valence electrons. The molecule has 2 aliphatic heterocycles. The van der Waals surface area contributed by atoms with E-state index in [1.807, 2.05) is 12.3 Å². The Morgan fingerprint density at radius 3 is 2.84 bits per heavy atom. The predicted molar refractivity (Wildman–Crippen MR) is 118 cm³/mol. The molecule has 2 aromatic heterocycles. The van der Waals surface area contributed by atoms with Gasteiger partial charge in [-0.25, -0.2) is 13.8 Å². The zero-order valence-corrected chi connectivity index (χ0v) is 17.7. The number of halogens is 2. The summed E-state index contributed by atoms with van der Waals surface area (Å²) < 4.78 is 32.6. The van der Waals surface area contributed by atoms with Crippen molar-refractivity contribution in [1.82, 2.24) is 14.9 Å². The number of pyridine rings is 2. The van der Waals surface area contributed by atoms with Crippen LogP contribution in [0, 0.1) is 6.92 Å². The SMILES string of the molecule is Cc1cc2c(C3=CCOCC3)cnc(NC3CCN(CC(F)(F)CN)CC3)c2[nH]c1=O. The highest BCUT2D eigenvalue weighted by Crippen LogP contribution is 2.31. The molecular weight excluding hydrogens is 404 g/mol. The number of aromatic nitrogens is 2. The minimum atomic E-state index is -2.86.